The summed E-state index contributed by atoms with van der Waals surface area (Å²) in [5, 5.41) is 2.78. The van der Waals surface area contributed by atoms with E-state index in [0.717, 1.165) is 5.56 Å². The third-order valence-electron chi connectivity index (χ3n) is 1.85. The van der Waals surface area contributed by atoms with Gasteiger partial charge in [-0.25, -0.2) is 0 Å². The van der Waals surface area contributed by atoms with Gasteiger partial charge in [-0.05, 0) is 25.5 Å². The maximum Gasteiger partial charge on any atom is 0.252 e. The number of hydrogen-bond donors (Lipinski definition) is 1. The molecule has 0 bridgehead atoms. The maximum atomic E-state index is 11.6. The molecule has 0 aliphatic heterocycles. The van der Waals surface area contributed by atoms with E-state index in [4.69, 9.17) is 0 Å². The molecular weight excluding hydrogens is 188 g/mol. The fourth-order valence-electron chi connectivity index (χ4n) is 1.14. The molecule has 0 saturated heterocycles. The van der Waals surface area contributed by atoms with Crippen molar-refractivity contribution in [2.24, 2.45) is 0 Å². The normalized spacial score (nSPS) is 8.93. The maximum absolute atomic E-state index is 11.6. The van der Waals surface area contributed by atoms with Crippen LogP contribution in [-0.4, -0.2) is 17.4 Å². The van der Waals surface area contributed by atoms with Gasteiger partial charge >= 0.3 is 0 Å². The Bertz CT molecular complexity index is 402. The van der Waals surface area contributed by atoms with Gasteiger partial charge in [0.25, 0.3) is 5.91 Å². The van der Waals surface area contributed by atoms with Crippen molar-refractivity contribution in [1.29, 1.82) is 0 Å². The highest BCUT2D eigenvalue weighted by atomic mass is 16.1. The van der Waals surface area contributed by atoms with Crippen molar-refractivity contribution < 1.29 is 4.79 Å². The van der Waals surface area contributed by atoms with Crippen LogP contribution in [0.4, 0.5) is 0 Å². The third kappa shape index (κ3) is 3.82. The van der Waals surface area contributed by atoms with E-state index >= 15 is 0 Å². The molecule has 0 saturated carbocycles. The zero-order valence-corrected chi connectivity index (χ0v) is 9.00. The molecule has 15 heavy (non-hydrogen) atoms. The average molecular weight is 202 g/mol. The molecule has 1 N–H and O–H groups in total. The van der Waals surface area contributed by atoms with E-state index in [1.165, 1.54) is 0 Å². The van der Waals surface area contributed by atoms with Crippen molar-refractivity contribution in [2.75, 3.05) is 6.54 Å². The van der Waals surface area contributed by atoms with Gasteiger partial charge in [0.15, 0.2) is 0 Å². The molecule has 0 radical (unpaired) electrons. The minimum absolute atomic E-state index is 0.0934. The molecule has 0 aromatic carbocycles. The molecule has 1 rings (SSSR count). The molecule has 0 spiro atoms. The molecular formula is C12H14N2O. The van der Waals surface area contributed by atoms with Gasteiger partial charge in [-0.15, -0.1) is 11.8 Å². The molecule has 1 heterocycles. The van der Waals surface area contributed by atoms with Crippen LogP contribution in [0.2, 0.25) is 0 Å². The lowest BCUT2D eigenvalue weighted by Gasteiger charge is -2.02. The first-order valence-corrected chi connectivity index (χ1v) is 4.83. The van der Waals surface area contributed by atoms with Crippen LogP contribution in [0.1, 0.15) is 29.3 Å². The summed E-state index contributed by atoms with van der Waals surface area (Å²) in [6.07, 6.45) is 3.97. The number of aryl methyl sites for hydroxylation is 1. The molecule has 0 aliphatic rings. The summed E-state index contributed by atoms with van der Waals surface area (Å²) >= 11 is 0. The smallest absolute Gasteiger partial charge is 0.252 e. The predicted molar refractivity (Wildman–Crippen MR) is 59.4 cm³/mol. The Morgan fingerprint density at radius 2 is 2.33 bits per heavy atom. The van der Waals surface area contributed by atoms with E-state index in [9.17, 15) is 4.79 Å². The second kappa shape index (κ2) is 5.82. The first kappa shape index (κ1) is 11.3. The van der Waals surface area contributed by atoms with E-state index in [2.05, 4.69) is 22.1 Å². The van der Waals surface area contributed by atoms with Gasteiger partial charge in [0.2, 0.25) is 0 Å². The number of amides is 1. The molecule has 0 unspecified atom stereocenters. The van der Waals surface area contributed by atoms with Gasteiger partial charge in [0, 0.05) is 25.4 Å². The minimum Gasteiger partial charge on any atom is -0.351 e. The molecule has 78 valence electrons. The summed E-state index contributed by atoms with van der Waals surface area (Å²) in [7, 11) is 0. The standard InChI is InChI=1S/C12H14N2O/c1-3-4-5-6-14-12(15)11-7-10(2)8-13-9-11/h7-9H,5-6H2,1-2H3,(H,14,15). The molecule has 1 amide bonds. The van der Waals surface area contributed by atoms with Crippen LogP contribution < -0.4 is 5.32 Å². The van der Waals surface area contributed by atoms with Crippen molar-refractivity contribution in [2.45, 2.75) is 20.3 Å². The summed E-state index contributed by atoms with van der Waals surface area (Å²) in [6.45, 7) is 4.27. The number of rotatable bonds is 3. The van der Waals surface area contributed by atoms with Crippen molar-refractivity contribution >= 4 is 5.91 Å². The quantitative estimate of drug-likeness (QED) is 0.596. The number of carbonyl (C=O) groups is 1. The summed E-state index contributed by atoms with van der Waals surface area (Å²) in [6, 6.07) is 1.81. The van der Waals surface area contributed by atoms with Crippen molar-refractivity contribution in [3.63, 3.8) is 0 Å². The first-order chi connectivity index (χ1) is 7.24. The van der Waals surface area contributed by atoms with Gasteiger partial charge in [0.1, 0.15) is 0 Å². The van der Waals surface area contributed by atoms with Crippen LogP contribution in [0.15, 0.2) is 18.5 Å². The zero-order chi connectivity index (χ0) is 11.1. The van der Waals surface area contributed by atoms with E-state index < -0.39 is 0 Å². The number of nitrogens with one attached hydrogen (secondary N) is 1. The third-order valence-corrected chi connectivity index (χ3v) is 1.85. The highest BCUT2D eigenvalue weighted by Crippen LogP contribution is 2.00. The molecule has 1 aromatic heterocycles. The van der Waals surface area contributed by atoms with Crippen LogP contribution in [0.5, 0.6) is 0 Å². The number of carbonyl (C=O) groups excluding carboxylic acids is 1. The Balaban J connectivity index is 2.49. The Labute approximate surface area is 89.9 Å². The predicted octanol–water partition coefficient (Wildman–Crippen LogP) is 1.53. The topological polar surface area (TPSA) is 42.0 Å². The Morgan fingerprint density at radius 3 is 3.00 bits per heavy atom. The Morgan fingerprint density at radius 1 is 1.53 bits per heavy atom. The van der Waals surface area contributed by atoms with Crippen molar-refractivity contribution in [3.8, 4) is 11.8 Å². The molecule has 1 aromatic rings. The van der Waals surface area contributed by atoms with Crippen LogP contribution in [0.25, 0.3) is 0 Å². The Hall–Kier alpha value is -1.82. The largest absolute Gasteiger partial charge is 0.351 e. The highest BCUT2D eigenvalue weighted by molar-refractivity contribution is 5.93. The average Bonchev–Trinajstić information content (AvgIpc) is 2.24. The van der Waals surface area contributed by atoms with Crippen molar-refractivity contribution in [1.82, 2.24) is 10.3 Å². The SMILES string of the molecule is CC#CCCNC(=O)c1cncc(C)c1. The Kier molecular flexibility index (Phi) is 4.36. The van der Waals surface area contributed by atoms with Crippen LogP contribution in [0.3, 0.4) is 0 Å². The summed E-state index contributed by atoms with van der Waals surface area (Å²) in [5.74, 6) is 5.57. The molecule has 0 fully saturated rings. The van der Waals surface area contributed by atoms with Gasteiger partial charge in [0.05, 0.1) is 5.56 Å². The lowest BCUT2D eigenvalue weighted by atomic mass is 10.2. The zero-order valence-electron chi connectivity index (χ0n) is 9.00. The second-order valence-electron chi connectivity index (χ2n) is 3.18. The second-order valence-corrected chi connectivity index (χ2v) is 3.18. The number of nitrogens with zero attached hydrogens (tertiary/aromatic N) is 1. The molecule has 0 aliphatic carbocycles. The van der Waals surface area contributed by atoms with Crippen molar-refractivity contribution in [3.05, 3.63) is 29.6 Å². The fourth-order valence-corrected chi connectivity index (χ4v) is 1.14. The molecule has 3 heteroatoms. The number of pyridine rings is 1. The lowest BCUT2D eigenvalue weighted by molar-refractivity contribution is 0.0954. The molecule has 0 atom stereocenters. The summed E-state index contributed by atoms with van der Waals surface area (Å²) < 4.78 is 0. The monoisotopic (exact) mass is 202 g/mol. The fraction of sp³-hybridized carbons (Fsp3) is 0.333. The lowest BCUT2D eigenvalue weighted by Crippen LogP contribution is -2.24. The van der Waals surface area contributed by atoms with Crippen LogP contribution in [0, 0.1) is 18.8 Å². The van der Waals surface area contributed by atoms with Gasteiger partial charge < -0.3 is 5.32 Å². The summed E-state index contributed by atoms with van der Waals surface area (Å²) in [5.41, 5.74) is 1.58. The van der Waals surface area contributed by atoms with Gasteiger partial charge in [-0.3, -0.25) is 9.78 Å². The van der Waals surface area contributed by atoms with E-state index in [-0.39, 0.29) is 5.91 Å². The van der Waals surface area contributed by atoms with E-state index in [1.54, 1.807) is 19.3 Å². The minimum atomic E-state index is -0.0934. The van der Waals surface area contributed by atoms with Crippen LogP contribution >= 0.6 is 0 Å². The summed E-state index contributed by atoms with van der Waals surface area (Å²) in [4.78, 5) is 15.5. The first-order valence-electron chi connectivity index (χ1n) is 4.83. The van der Waals surface area contributed by atoms with E-state index in [1.807, 2.05) is 13.0 Å². The highest BCUT2D eigenvalue weighted by Gasteiger charge is 2.03. The van der Waals surface area contributed by atoms with Gasteiger partial charge in [-0.2, -0.15) is 0 Å². The molecule has 3 nitrogen and oxygen atoms in total. The number of hydrogen-bond acceptors (Lipinski definition) is 2. The number of aromatic nitrogens is 1. The van der Waals surface area contributed by atoms with Gasteiger partial charge in [-0.1, -0.05) is 0 Å². The van der Waals surface area contributed by atoms with E-state index in [0.29, 0.717) is 18.5 Å². The van der Waals surface area contributed by atoms with Crippen LogP contribution in [-0.2, 0) is 0 Å².